The van der Waals surface area contributed by atoms with Crippen LogP contribution in [0.5, 0.6) is 0 Å². The highest BCUT2D eigenvalue weighted by molar-refractivity contribution is 4.68. The van der Waals surface area contributed by atoms with E-state index in [4.69, 9.17) is 5.11 Å². The first-order valence-electron chi connectivity index (χ1n) is 3.75. The molecule has 0 bridgehead atoms. The second kappa shape index (κ2) is 6.05. The zero-order valence-electron chi connectivity index (χ0n) is 6.35. The van der Waals surface area contributed by atoms with Crippen molar-refractivity contribution in [2.45, 2.75) is 20.3 Å². The first kappa shape index (κ1) is 8.92. The first-order chi connectivity index (χ1) is 4.43. The average molecular weight is 131 g/mol. The molecule has 2 heteroatoms. The molecular formula is C7H17NO. The van der Waals surface area contributed by atoms with Crippen LogP contribution < -0.4 is 5.32 Å². The Morgan fingerprint density at radius 1 is 1.56 bits per heavy atom. The summed E-state index contributed by atoms with van der Waals surface area (Å²) in [5.74, 6) is 0.542. The summed E-state index contributed by atoms with van der Waals surface area (Å²) in [7, 11) is 0. The van der Waals surface area contributed by atoms with Crippen LogP contribution in [0.25, 0.3) is 0 Å². The lowest BCUT2D eigenvalue weighted by Crippen LogP contribution is -2.11. The van der Waals surface area contributed by atoms with Gasteiger partial charge in [-0.1, -0.05) is 13.8 Å². The predicted octanol–water partition coefficient (Wildman–Crippen LogP) is 0.614. The molecule has 0 radical (unpaired) electrons. The Kier molecular flexibility index (Phi) is 5.99. The van der Waals surface area contributed by atoms with Crippen LogP contribution in [0.3, 0.4) is 0 Å². The quantitative estimate of drug-likeness (QED) is 0.546. The van der Waals surface area contributed by atoms with Crippen molar-refractivity contribution >= 4 is 0 Å². The van der Waals surface area contributed by atoms with Gasteiger partial charge in [0.25, 0.3) is 0 Å². The molecule has 1 atom stereocenters. The Hall–Kier alpha value is -0.0800. The second-order valence-electron chi connectivity index (χ2n) is 2.04. The van der Waals surface area contributed by atoms with Crippen LogP contribution >= 0.6 is 0 Å². The van der Waals surface area contributed by atoms with Crippen molar-refractivity contribution in [1.82, 2.24) is 5.32 Å². The third kappa shape index (κ3) is 3.49. The Labute approximate surface area is 57.3 Å². The van der Waals surface area contributed by atoms with Crippen molar-refractivity contribution in [3.63, 3.8) is 0 Å². The molecule has 1 rings (SSSR count). The number of hydrogen-bond donors (Lipinski definition) is 2. The summed E-state index contributed by atoms with van der Waals surface area (Å²) in [4.78, 5) is 0. The van der Waals surface area contributed by atoms with Crippen molar-refractivity contribution in [3.8, 4) is 0 Å². The van der Waals surface area contributed by atoms with E-state index in [1.165, 1.54) is 0 Å². The molecule has 0 aromatic carbocycles. The maximum absolute atomic E-state index is 8.53. The lowest BCUT2D eigenvalue weighted by atomic mass is 10.1. The Balaban J connectivity index is 0.000000291. The van der Waals surface area contributed by atoms with Gasteiger partial charge in [0, 0.05) is 13.2 Å². The van der Waals surface area contributed by atoms with Gasteiger partial charge in [0.2, 0.25) is 0 Å². The molecule has 0 spiro atoms. The van der Waals surface area contributed by atoms with Crippen LogP contribution in [-0.4, -0.2) is 24.8 Å². The third-order valence-electron chi connectivity index (χ3n) is 1.42. The van der Waals surface area contributed by atoms with Gasteiger partial charge < -0.3 is 10.4 Å². The van der Waals surface area contributed by atoms with Crippen LogP contribution in [0.4, 0.5) is 0 Å². The maximum atomic E-state index is 8.53. The van der Waals surface area contributed by atoms with Gasteiger partial charge in [0.15, 0.2) is 0 Å². The van der Waals surface area contributed by atoms with Crippen LogP contribution in [0, 0.1) is 5.92 Å². The Morgan fingerprint density at radius 2 is 2.22 bits per heavy atom. The summed E-state index contributed by atoms with van der Waals surface area (Å²) < 4.78 is 0. The van der Waals surface area contributed by atoms with Gasteiger partial charge >= 0.3 is 0 Å². The molecule has 2 N–H and O–H groups in total. The summed E-state index contributed by atoms with van der Waals surface area (Å²) in [5, 5.41) is 11.7. The lowest BCUT2D eigenvalue weighted by molar-refractivity contribution is 0.237. The van der Waals surface area contributed by atoms with Gasteiger partial charge in [-0.25, -0.2) is 0 Å². The molecule has 0 aromatic heterocycles. The fraction of sp³-hybridized carbons (Fsp3) is 1.00. The van der Waals surface area contributed by atoms with E-state index in [2.05, 4.69) is 5.32 Å². The monoisotopic (exact) mass is 131 g/mol. The third-order valence-corrected chi connectivity index (χ3v) is 1.42. The zero-order valence-corrected chi connectivity index (χ0v) is 6.35. The SMILES string of the molecule is CC.OCC1CCNC1. The van der Waals surface area contributed by atoms with Gasteiger partial charge in [-0.15, -0.1) is 0 Å². The van der Waals surface area contributed by atoms with Crippen molar-refractivity contribution in [1.29, 1.82) is 0 Å². The highest BCUT2D eigenvalue weighted by Gasteiger charge is 2.11. The predicted molar refractivity (Wildman–Crippen MR) is 39.4 cm³/mol. The molecular weight excluding hydrogens is 114 g/mol. The van der Waals surface area contributed by atoms with Gasteiger partial charge in [0.1, 0.15) is 0 Å². The fourth-order valence-electron chi connectivity index (χ4n) is 0.870. The standard InChI is InChI=1S/C5H11NO.C2H6/c7-4-5-1-2-6-3-5;1-2/h5-7H,1-4H2;1-2H3. The first-order valence-corrected chi connectivity index (χ1v) is 3.75. The van der Waals surface area contributed by atoms with Gasteiger partial charge in [-0.05, 0) is 18.9 Å². The number of aliphatic hydroxyl groups is 1. The largest absolute Gasteiger partial charge is 0.396 e. The van der Waals surface area contributed by atoms with Crippen LogP contribution in [-0.2, 0) is 0 Å². The molecule has 1 unspecified atom stereocenters. The van der Waals surface area contributed by atoms with Gasteiger partial charge in [-0.2, -0.15) is 0 Å². The molecule has 0 amide bonds. The summed E-state index contributed by atoms with van der Waals surface area (Å²) >= 11 is 0. The molecule has 1 saturated heterocycles. The minimum atomic E-state index is 0.354. The minimum absolute atomic E-state index is 0.354. The lowest BCUT2D eigenvalue weighted by Gasteiger charge is -1.98. The molecule has 1 fully saturated rings. The molecule has 1 aliphatic rings. The summed E-state index contributed by atoms with van der Waals surface area (Å²) in [6.07, 6.45) is 1.15. The number of nitrogens with one attached hydrogen (secondary N) is 1. The van der Waals surface area contributed by atoms with E-state index in [0.717, 1.165) is 19.5 Å². The van der Waals surface area contributed by atoms with Crippen LogP contribution in [0.2, 0.25) is 0 Å². The van der Waals surface area contributed by atoms with E-state index >= 15 is 0 Å². The molecule has 0 aromatic rings. The minimum Gasteiger partial charge on any atom is -0.396 e. The normalized spacial score (nSPS) is 25.0. The van der Waals surface area contributed by atoms with Crippen LogP contribution in [0.1, 0.15) is 20.3 Å². The van der Waals surface area contributed by atoms with Crippen molar-refractivity contribution < 1.29 is 5.11 Å². The van der Waals surface area contributed by atoms with Gasteiger partial charge in [0.05, 0.1) is 0 Å². The van der Waals surface area contributed by atoms with E-state index in [1.54, 1.807) is 0 Å². The molecule has 0 saturated carbocycles. The van der Waals surface area contributed by atoms with Crippen molar-refractivity contribution in [2.75, 3.05) is 19.7 Å². The number of rotatable bonds is 1. The van der Waals surface area contributed by atoms with Crippen LogP contribution in [0.15, 0.2) is 0 Å². The Morgan fingerprint density at radius 3 is 2.44 bits per heavy atom. The molecule has 2 nitrogen and oxygen atoms in total. The summed E-state index contributed by atoms with van der Waals surface area (Å²) in [6, 6.07) is 0. The van der Waals surface area contributed by atoms with E-state index in [-0.39, 0.29) is 0 Å². The molecule has 56 valence electrons. The van der Waals surface area contributed by atoms with E-state index in [0.29, 0.717) is 12.5 Å². The Bertz CT molecular complexity index is 50.9. The molecule has 0 aliphatic carbocycles. The smallest absolute Gasteiger partial charge is 0.0471 e. The average Bonchev–Trinajstić information content (AvgIpc) is 2.43. The van der Waals surface area contributed by atoms with Crippen molar-refractivity contribution in [3.05, 3.63) is 0 Å². The topological polar surface area (TPSA) is 32.3 Å². The number of aliphatic hydroxyl groups excluding tert-OH is 1. The highest BCUT2D eigenvalue weighted by Crippen LogP contribution is 2.03. The van der Waals surface area contributed by atoms with E-state index in [9.17, 15) is 0 Å². The molecule has 1 heterocycles. The maximum Gasteiger partial charge on any atom is 0.0471 e. The van der Waals surface area contributed by atoms with Crippen molar-refractivity contribution in [2.24, 2.45) is 5.92 Å². The second-order valence-corrected chi connectivity index (χ2v) is 2.04. The highest BCUT2D eigenvalue weighted by atomic mass is 16.3. The summed E-state index contributed by atoms with van der Waals surface area (Å²) in [6.45, 7) is 6.45. The molecule has 9 heavy (non-hydrogen) atoms. The van der Waals surface area contributed by atoms with Gasteiger partial charge in [-0.3, -0.25) is 0 Å². The zero-order chi connectivity index (χ0) is 7.11. The van der Waals surface area contributed by atoms with E-state index in [1.807, 2.05) is 13.8 Å². The molecule has 1 aliphatic heterocycles. The fourth-order valence-corrected chi connectivity index (χ4v) is 0.870. The summed E-state index contributed by atoms with van der Waals surface area (Å²) in [5.41, 5.74) is 0. The number of hydrogen-bond acceptors (Lipinski definition) is 2. The van der Waals surface area contributed by atoms with E-state index < -0.39 is 0 Å².